The molecule has 0 saturated heterocycles. The second kappa shape index (κ2) is 8.81. The van der Waals surface area contributed by atoms with Crippen LogP contribution in [0.25, 0.3) is 17.1 Å². The SMILES string of the molecule is CC(C)Oc1nc(-c2ccc(C(F)(F)F)cc2)n(-c2cccc(NC(=O)c3ccco3)c2)n1. The summed E-state index contributed by atoms with van der Waals surface area (Å²) in [7, 11) is 0. The molecule has 2 aromatic carbocycles. The number of ether oxygens (including phenoxy) is 1. The van der Waals surface area contributed by atoms with E-state index < -0.39 is 17.6 Å². The van der Waals surface area contributed by atoms with Gasteiger partial charge in [0.2, 0.25) is 0 Å². The van der Waals surface area contributed by atoms with Crippen molar-refractivity contribution in [3.05, 3.63) is 78.3 Å². The lowest BCUT2D eigenvalue weighted by Gasteiger charge is -2.10. The van der Waals surface area contributed by atoms with Crippen molar-refractivity contribution >= 4 is 11.6 Å². The zero-order valence-corrected chi connectivity index (χ0v) is 17.6. The first kappa shape index (κ1) is 22.1. The molecule has 0 fully saturated rings. The Labute approximate surface area is 186 Å². The van der Waals surface area contributed by atoms with E-state index in [1.54, 1.807) is 30.3 Å². The van der Waals surface area contributed by atoms with Crippen LogP contribution >= 0.6 is 0 Å². The van der Waals surface area contributed by atoms with E-state index in [4.69, 9.17) is 9.15 Å². The van der Waals surface area contributed by atoms with Crippen LogP contribution in [0.5, 0.6) is 6.01 Å². The highest BCUT2D eigenvalue weighted by molar-refractivity contribution is 6.02. The Kier molecular flexibility index (Phi) is 5.91. The number of aromatic nitrogens is 3. The monoisotopic (exact) mass is 456 g/mol. The Morgan fingerprint density at radius 3 is 2.48 bits per heavy atom. The number of carbonyl (C=O) groups excluding carboxylic acids is 1. The number of nitrogens with one attached hydrogen (secondary N) is 1. The molecule has 4 aromatic rings. The molecule has 10 heteroatoms. The van der Waals surface area contributed by atoms with Crippen molar-refractivity contribution in [3.63, 3.8) is 0 Å². The minimum Gasteiger partial charge on any atom is -0.460 e. The first-order chi connectivity index (χ1) is 15.7. The molecule has 7 nitrogen and oxygen atoms in total. The average Bonchev–Trinajstić information content (AvgIpc) is 3.43. The molecule has 0 aliphatic rings. The van der Waals surface area contributed by atoms with Gasteiger partial charge < -0.3 is 14.5 Å². The number of hydrogen-bond donors (Lipinski definition) is 1. The second-order valence-electron chi connectivity index (χ2n) is 7.35. The Bertz CT molecular complexity index is 1250. The fraction of sp³-hybridized carbons (Fsp3) is 0.174. The van der Waals surface area contributed by atoms with Crippen LogP contribution in [0.3, 0.4) is 0 Å². The van der Waals surface area contributed by atoms with Crippen LogP contribution in [0.4, 0.5) is 18.9 Å². The number of furan rings is 1. The molecule has 2 aromatic heterocycles. The zero-order valence-electron chi connectivity index (χ0n) is 17.6. The molecule has 0 atom stereocenters. The van der Waals surface area contributed by atoms with E-state index in [1.807, 2.05) is 13.8 Å². The van der Waals surface area contributed by atoms with Gasteiger partial charge in [0.05, 0.1) is 23.6 Å². The number of anilines is 1. The second-order valence-corrected chi connectivity index (χ2v) is 7.35. The van der Waals surface area contributed by atoms with Crippen molar-refractivity contribution in [1.82, 2.24) is 14.8 Å². The van der Waals surface area contributed by atoms with Crippen LogP contribution in [0.15, 0.2) is 71.3 Å². The summed E-state index contributed by atoms with van der Waals surface area (Å²) in [4.78, 5) is 16.7. The lowest BCUT2D eigenvalue weighted by Crippen LogP contribution is -2.11. The fourth-order valence-corrected chi connectivity index (χ4v) is 3.04. The van der Waals surface area contributed by atoms with Gasteiger partial charge >= 0.3 is 12.2 Å². The molecule has 0 radical (unpaired) electrons. The van der Waals surface area contributed by atoms with Crippen molar-refractivity contribution in [2.45, 2.75) is 26.1 Å². The third kappa shape index (κ3) is 5.05. The third-order valence-corrected chi connectivity index (χ3v) is 4.49. The zero-order chi connectivity index (χ0) is 23.6. The molecular weight excluding hydrogens is 437 g/mol. The third-order valence-electron chi connectivity index (χ3n) is 4.49. The summed E-state index contributed by atoms with van der Waals surface area (Å²) >= 11 is 0. The molecule has 1 N–H and O–H groups in total. The van der Waals surface area contributed by atoms with Gasteiger partial charge in [-0.1, -0.05) is 18.2 Å². The van der Waals surface area contributed by atoms with Crippen LogP contribution in [0.2, 0.25) is 0 Å². The summed E-state index contributed by atoms with van der Waals surface area (Å²) in [5.74, 6) is 0.00985. The van der Waals surface area contributed by atoms with Crippen LogP contribution in [-0.2, 0) is 6.18 Å². The molecule has 0 bridgehead atoms. The van der Waals surface area contributed by atoms with E-state index in [2.05, 4.69) is 15.4 Å². The molecule has 33 heavy (non-hydrogen) atoms. The minimum atomic E-state index is -4.45. The minimum absolute atomic E-state index is 0.0740. The quantitative estimate of drug-likeness (QED) is 0.409. The summed E-state index contributed by atoms with van der Waals surface area (Å²) in [6, 6.07) is 14.6. The number of amides is 1. The maximum atomic E-state index is 13.0. The summed E-state index contributed by atoms with van der Waals surface area (Å²) in [6.07, 6.45) is -3.26. The van der Waals surface area contributed by atoms with Gasteiger partial charge in [0.1, 0.15) is 0 Å². The molecule has 0 saturated carbocycles. The Hall–Kier alpha value is -4.08. The number of hydrogen-bond acceptors (Lipinski definition) is 5. The predicted octanol–water partition coefficient (Wildman–Crippen LogP) is 5.59. The van der Waals surface area contributed by atoms with Crippen LogP contribution in [-0.4, -0.2) is 26.8 Å². The predicted molar refractivity (Wildman–Crippen MR) is 114 cm³/mol. The number of halogens is 3. The van der Waals surface area contributed by atoms with Gasteiger partial charge in [-0.05, 0) is 56.3 Å². The molecule has 4 rings (SSSR count). The molecule has 0 unspecified atom stereocenters. The topological polar surface area (TPSA) is 82.2 Å². The average molecular weight is 456 g/mol. The smallest absolute Gasteiger partial charge is 0.416 e. The fourth-order valence-electron chi connectivity index (χ4n) is 3.04. The van der Waals surface area contributed by atoms with Crippen molar-refractivity contribution in [3.8, 4) is 23.1 Å². The number of nitrogens with zero attached hydrogens (tertiary/aromatic N) is 3. The molecule has 0 spiro atoms. The van der Waals surface area contributed by atoms with Crippen molar-refractivity contribution < 1.29 is 27.1 Å². The molecule has 0 aliphatic carbocycles. The summed E-state index contributed by atoms with van der Waals surface area (Å²) in [6.45, 7) is 3.62. The van der Waals surface area contributed by atoms with Crippen LogP contribution in [0, 0.1) is 0 Å². The van der Waals surface area contributed by atoms with Gasteiger partial charge in [0, 0.05) is 11.3 Å². The Morgan fingerprint density at radius 1 is 1.09 bits per heavy atom. The van der Waals surface area contributed by atoms with E-state index in [9.17, 15) is 18.0 Å². The van der Waals surface area contributed by atoms with E-state index in [-0.39, 0.29) is 23.7 Å². The van der Waals surface area contributed by atoms with Gasteiger partial charge in [0.15, 0.2) is 11.6 Å². The van der Waals surface area contributed by atoms with Gasteiger partial charge in [-0.3, -0.25) is 4.79 Å². The van der Waals surface area contributed by atoms with Gasteiger partial charge in [-0.25, -0.2) is 4.68 Å². The van der Waals surface area contributed by atoms with E-state index in [0.29, 0.717) is 16.9 Å². The van der Waals surface area contributed by atoms with Crippen LogP contribution in [0.1, 0.15) is 30.0 Å². The molecule has 1 amide bonds. The van der Waals surface area contributed by atoms with Crippen molar-refractivity contribution in [2.24, 2.45) is 0 Å². The van der Waals surface area contributed by atoms with Gasteiger partial charge in [0.25, 0.3) is 5.91 Å². The summed E-state index contributed by atoms with van der Waals surface area (Å²) in [5.41, 5.74) is 0.639. The maximum absolute atomic E-state index is 13.0. The number of benzene rings is 2. The lowest BCUT2D eigenvalue weighted by molar-refractivity contribution is -0.137. The lowest BCUT2D eigenvalue weighted by atomic mass is 10.1. The van der Waals surface area contributed by atoms with Crippen molar-refractivity contribution in [2.75, 3.05) is 5.32 Å². The normalized spacial score (nSPS) is 11.6. The Balaban J connectivity index is 1.71. The highest BCUT2D eigenvalue weighted by Gasteiger charge is 2.30. The first-order valence-corrected chi connectivity index (χ1v) is 9.97. The standard InChI is InChI=1S/C23H19F3N4O3/c1-14(2)33-22-28-20(15-8-10-16(11-9-15)23(24,25)26)30(29-22)18-6-3-5-17(13-18)27-21(31)19-7-4-12-32-19/h3-14H,1-2H3,(H,27,31). The van der Waals surface area contributed by atoms with Crippen molar-refractivity contribution in [1.29, 1.82) is 0 Å². The highest BCUT2D eigenvalue weighted by Crippen LogP contribution is 2.32. The largest absolute Gasteiger partial charge is 0.460 e. The first-order valence-electron chi connectivity index (χ1n) is 9.97. The summed E-state index contributed by atoms with van der Waals surface area (Å²) < 4.78 is 51.0. The summed E-state index contributed by atoms with van der Waals surface area (Å²) in [5, 5.41) is 7.09. The maximum Gasteiger partial charge on any atom is 0.416 e. The van der Waals surface area contributed by atoms with E-state index in [1.165, 1.54) is 29.1 Å². The van der Waals surface area contributed by atoms with E-state index in [0.717, 1.165) is 12.1 Å². The van der Waals surface area contributed by atoms with Crippen LogP contribution < -0.4 is 10.1 Å². The number of carbonyl (C=O) groups is 1. The van der Waals surface area contributed by atoms with Gasteiger partial charge in [-0.15, -0.1) is 5.10 Å². The molecule has 170 valence electrons. The Morgan fingerprint density at radius 2 is 1.85 bits per heavy atom. The highest BCUT2D eigenvalue weighted by atomic mass is 19.4. The number of rotatable bonds is 6. The van der Waals surface area contributed by atoms with Gasteiger partial charge in [-0.2, -0.15) is 18.2 Å². The molecule has 0 aliphatic heterocycles. The molecular formula is C23H19F3N4O3. The molecule has 2 heterocycles. The van der Waals surface area contributed by atoms with E-state index >= 15 is 0 Å². The number of alkyl halides is 3.